The topological polar surface area (TPSA) is 44.7 Å². The lowest BCUT2D eigenvalue weighted by Gasteiger charge is -2.28. The second kappa shape index (κ2) is 6.34. The van der Waals surface area contributed by atoms with Crippen molar-refractivity contribution in [3.63, 3.8) is 0 Å². The van der Waals surface area contributed by atoms with Gasteiger partial charge in [-0.2, -0.15) is 0 Å². The predicted molar refractivity (Wildman–Crippen MR) is 83.5 cm³/mol. The molecule has 1 aromatic rings. The number of rotatable bonds is 4. The van der Waals surface area contributed by atoms with Crippen molar-refractivity contribution < 1.29 is 9.84 Å². The van der Waals surface area contributed by atoms with Gasteiger partial charge in [-0.25, -0.2) is 0 Å². The van der Waals surface area contributed by atoms with Gasteiger partial charge in [0, 0.05) is 26.2 Å². The van der Waals surface area contributed by atoms with E-state index in [4.69, 9.17) is 4.74 Å². The molecule has 1 atom stereocenters. The maximum Gasteiger partial charge on any atom is 0.123 e. The van der Waals surface area contributed by atoms with Gasteiger partial charge < -0.3 is 15.2 Å². The highest BCUT2D eigenvalue weighted by Crippen LogP contribution is 2.23. The molecular weight excluding hydrogens is 264 g/mol. The lowest BCUT2D eigenvalue weighted by Crippen LogP contribution is -2.50. The second-order valence-corrected chi connectivity index (χ2v) is 6.67. The van der Waals surface area contributed by atoms with Crippen LogP contribution in [0.3, 0.4) is 0 Å². The molecule has 4 heteroatoms. The van der Waals surface area contributed by atoms with Crippen LogP contribution in [0.2, 0.25) is 0 Å². The van der Waals surface area contributed by atoms with Gasteiger partial charge >= 0.3 is 0 Å². The fraction of sp³-hybridized carbons (Fsp3) is 0.647. The molecule has 0 spiro atoms. The summed E-state index contributed by atoms with van der Waals surface area (Å²) in [5, 5.41) is 13.3. The fourth-order valence-corrected chi connectivity index (χ4v) is 2.95. The zero-order valence-corrected chi connectivity index (χ0v) is 12.8. The largest absolute Gasteiger partial charge is 0.488 e. The summed E-state index contributed by atoms with van der Waals surface area (Å²) in [6.45, 7) is 6.87. The van der Waals surface area contributed by atoms with Crippen LogP contribution in [0.4, 0.5) is 0 Å². The Labute approximate surface area is 127 Å². The summed E-state index contributed by atoms with van der Waals surface area (Å²) < 4.78 is 5.83. The molecular formula is C17H26N2O2. The molecule has 2 heterocycles. The zero-order valence-electron chi connectivity index (χ0n) is 12.8. The molecule has 0 radical (unpaired) electrons. The average molecular weight is 290 g/mol. The van der Waals surface area contributed by atoms with Gasteiger partial charge in [0.15, 0.2) is 0 Å². The number of nitrogens with one attached hydrogen (secondary N) is 1. The number of hydrogen-bond donors (Lipinski definition) is 2. The summed E-state index contributed by atoms with van der Waals surface area (Å²) in [5.74, 6) is 0.962. The van der Waals surface area contributed by atoms with Crippen molar-refractivity contribution in [2.75, 3.05) is 26.2 Å². The van der Waals surface area contributed by atoms with Crippen molar-refractivity contribution in [2.24, 2.45) is 0 Å². The maximum absolute atomic E-state index is 10.1. The molecule has 2 saturated heterocycles. The summed E-state index contributed by atoms with van der Waals surface area (Å²) in [6.07, 6.45) is 3.18. The molecule has 0 saturated carbocycles. The van der Waals surface area contributed by atoms with E-state index in [-0.39, 0.29) is 0 Å². The van der Waals surface area contributed by atoms with Crippen LogP contribution in [0, 0.1) is 0 Å². The number of benzene rings is 1. The summed E-state index contributed by atoms with van der Waals surface area (Å²) >= 11 is 0. The van der Waals surface area contributed by atoms with E-state index in [0.717, 1.165) is 57.7 Å². The number of nitrogens with zero attached hydrogens (tertiary/aromatic N) is 1. The first-order valence-corrected chi connectivity index (χ1v) is 8.02. The minimum atomic E-state index is -0.483. The van der Waals surface area contributed by atoms with Gasteiger partial charge in [0.2, 0.25) is 0 Å². The lowest BCUT2D eigenvalue weighted by atomic mass is 9.98. The Kier molecular flexibility index (Phi) is 4.48. The molecule has 21 heavy (non-hydrogen) atoms. The minimum Gasteiger partial charge on any atom is -0.488 e. The van der Waals surface area contributed by atoms with Gasteiger partial charge in [-0.05, 0) is 50.4 Å². The second-order valence-electron chi connectivity index (χ2n) is 6.67. The van der Waals surface area contributed by atoms with E-state index >= 15 is 0 Å². The first-order chi connectivity index (χ1) is 10.1. The highest BCUT2D eigenvalue weighted by atomic mass is 16.5. The van der Waals surface area contributed by atoms with Crippen molar-refractivity contribution >= 4 is 0 Å². The quantitative estimate of drug-likeness (QED) is 0.887. The Morgan fingerprint density at radius 2 is 2.00 bits per heavy atom. The van der Waals surface area contributed by atoms with Crippen LogP contribution in [0.25, 0.3) is 0 Å². The highest BCUT2D eigenvalue weighted by molar-refractivity contribution is 5.27. The Morgan fingerprint density at radius 3 is 2.67 bits per heavy atom. The van der Waals surface area contributed by atoms with E-state index < -0.39 is 5.60 Å². The Hall–Kier alpha value is -1.10. The third-order valence-corrected chi connectivity index (χ3v) is 4.53. The van der Waals surface area contributed by atoms with Crippen molar-refractivity contribution in [2.45, 2.75) is 44.4 Å². The molecule has 116 valence electrons. The molecule has 2 N–H and O–H groups in total. The molecule has 2 aliphatic heterocycles. The van der Waals surface area contributed by atoms with E-state index in [9.17, 15) is 5.11 Å². The Morgan fingerprint density at radius 1 is 1.24 bits per heavy atom. The fourth-order valence-electron chi connectivity index (χ4n) is 2.95. The molecule has 4 nitrogen and oxygen atoms in total. The number of ether oxygens (including phenoxy) is 1. The van der Waals surface area contributed by atoms with Gasteiger partial charge in [0.25, 0.3) is 0 Å². The van der Waals surface area contributed by atoms with Gasteiger partial charge in [-0.15, -0.1) is 0 Å². The monoisotopic (exact) mass is 290 g/mol. The smallest absolute Gasteiger partial charge is 0.123 e. The van der Waals surface area contributed by atoms with E-state index in [1.807, 2.05) is 6.92 Å². The molecule has 1 aromatic carbocycles. The Balaban J connectivity index is 1.52. The summed E-state index contributed by atoms with van der Waals surface area (Å²) in [4.78, 5) is 2.44. The summed E-state index contributed by atoms with van der Waals surface area (Å²) in [7, 11) is 0. The van der Waals surface area contributed by atoms with Crippen LogP contribution in [-0.4, -0.2) is 47.9 Å². The molecule has 0 aliphatic carbocycles. The van der Waals surface area contributed by atoms with E-state index in [0.29, 0.717) is 6.10 Å². The maximum atomic E-state index is 10.1. The van der Waals surface area contributed by atoms with Crippen molar-refractivity contribution in [3.05, 3.63) is 29.8 Å². The summed E-state index contributed by atoms with van der Waals surface area (Å²) in [6, 6.07) is 8.46. The number of likely N-dealkylation sites (tertiary alicyclic amines) is 1. The van der Waals surface area contributed by atoms with Crippen LogP contribution in [-0.2, 0) is 6.54 Å². The molecule has 1 unspecified atom stereocenters. The SMILES string of the molecule is CC1(O)CCCN(Cc2ccc(OC3CNC3)cc2)CC1. The van der Waals surface area contributed by atoms with Gasteiger partial charge in [0.1, 0.15) is 11.9 Å². The van der Waals surface area contributed by atoms with Crippen LogP contribution in [0.1, 0.15) is 31.7 Å². The van der Waals surface area contributed by atoms with Crippen molar-refractivity contribution in [1.29, 1.82) is 0 Å². The van der Waals surface area contributed by atoms with Gasteiger partial charge in [-0.1, -0.05) is 12.1 Å². The normalized spacial score (nSPS) is 27.9. The highest BCUT2D eigenvalue weighted by Gasteiger charge is 2.24. The first-order valence-electron chi connectivity index (χ1n) is 8.02. The van der Waals surface area contributed by atoms with Crippen molar-refractivity contribution in [3.8, 4) is 5.75 Å². The van der Waals surface area contributed by atoms with Crippen LogP contribution < -0.4 is 10.1 Å². The molecule has 2 aliphatic rings. The molecule has 3 rings (SSSR count). The van der Waals surface area contributed by atoms with Gasteiger partial charge in [-0.3, -0.25) is 4.90 Å². The number of aliphatic hydroxyl groups is 1. The van der Waals surface area contributed by atoms with Crippen LogP contribution in [0.5, 0.6) is 5.75 Å². The van der Waals surface area contributed by atoms with Crippen LogP contribution in [0.15, 0.2) is 24.3 Å². The van der Waals surface area contributed by atoms with Gasteiger partial charge in [0.05, 0.1) is 5.60 Å². The minimum absolute atomic E-state index is 0.337. The van der Waals surface area contributed by atoms with E-state index in [1.54, 1.807) is 0 Å². The van der Waals surface area contributed by atoms with Crippen LogP contribution >= 0.6 is 0 Å². The molecule has 0 amide bonds. The third kappa shape index (κ3) is 4.19. The van der Waals surface area contributed by atoms with Crippen molar-refractivity contribution in [1.82, 2.24) is 10.2 Å². The zero-order chi connectivity index (χ0) is 14.7. The first kappa shape index (κ1) is 14.8. The predicted octanol–water partition coefficient (Wildman–Crippen LogP) is 1.77. The number of hydrogen-bond acceptors (Lipinski definition) is 4. The molecule has 2 fully saturated rings. The standard InChI is InChI=1S/C17H26N2O2/c1-17(20)7-2-9-19(10-8-17)13-14-3-5-15(6-4-14)21-16-11-18-12-16/h3-6,16,18,20H,2,7-13H2,1H3. The average Bonchev–Trinajstić information content (AvgIpc) is 2.57. The molecule has 0 bridgehead atoms. The van der Waals surface area contributed by atoms with E-state index in [2.05, 4.69) is 34.5 Å². The third-order valence-electron chi connectivity index (χ3n) is 4.53. The lowest BCUT2D eigenvalue weighted by molar-refractivity contribution is 0.0444. The molecule has 0 aromatic heterocycles. The Bertz CT molecular complexity index is 454. The summed E-state index contributed by atoms with van der Waals surface area (Å²) in [5.41, 5.74) is 0.833. The van der Waals surface area contributed by atoms with E-state index in [1.165, 1.54) is 5.56 Å².